The first-order chi connectivity index (χ1) is 10.5. The number of nitrogens with zero attached hydrogens (tertiary/aromatic N) is 1. The van der Waals surface area contributed by atoms with Gasteiger partial charge in [0.05, 0.1) is 17.9 Å². The summed E-state index contributed by atoms with van der Waals surface area (Å²) in [4.78, 5) is 2.41. The quantitative estimate of drug-likeness (QED) is 0.648. The maximum absolute atomic E-state index is 10.4. The minimum absolute atomic E-state index is 0.0923. The number of nitrogens with two attached hydrogens (primary N) is 1. The Morgan fingerprint density at radius 2 is 1.77 bits per heavy atom. The van der Waals surface area contributed by atoms with E-state index in [0.717, 1.165) is 44.5 Å². The smallest absolute Gasteiger partial charge is 0.142 e. The van der Waals surface area contributed by atoms with Crippen LogP contribution in [0.25, 0.3) is 0 Å². The number of nitrogen functional groups attached to an aromatic ring is 1. The third-order valence-electron chi connectivity index (χ3n) is 3.58. The van der Waals surface area contributed by atoms with E-state index in [2.05, 4.69) is 18.7 Å². The highest BCUT2D eigenvalue weighted by Crippen LogP contribution is 2.27. The van der Waals surface area contributed by atoms with E-state index in [-0.39, 0.29) is 6.10 Å². The molecule has 1 atom stereocenters. The van der Waals surface area contributed by atoms with Gasteiger partial charge in [0, 0.05) is 6.54 Å². The molecule has 0 amide bonds. The van der Waals surface area contributed by atoms with Gasteiger partial charge >= 0.3 is 0 Å². The predicted molar refractivity (Wildman–Crippen MR) is 93.2 cm³/mol. The minimum Gasteiger partial charge on any atom is -0.489 e. The number of anilines is 1. The molecule has 1 aromatic rings. The average molecular weight is 308 g/mol. The van der Waals surface area contributed by atoms with Crippen LogP contribution in [0.2, 0.25) is 0 Å². The SMILES string of the molecule is CCCN(CCC)CCC(O)c1ccc(OC(C)C)c(N)c1. The van der Waals surface area contributed by atoms with Gasteiger partial charge in [0.1, 0.15) is 5.75 Å². The second kappa shape index (κ2) is 9.70. The van der Waals surface area contributed by atoms with Crippen molar-refractivity contribution in [1.82, 2.24) is 4.90 Å². The summed E-state index contributed by atoms with van der Waals surface area (Å²) >= 11 is 0. The maximum atomic E-state index is 10.4. The van der Waals surface area contributed by atoms with E-state index in [1.807, 2.05) is 32.0 Å². The molecule has 0 aliphatic heterocycles. The van der Waals surface area contributed by atoms with Crippen LogP contribution in [0.4, 0.5) is 5.69 Å². The zero-order chi connectivity index (χ0) is 16.5. The van der Waals surface area contributed by atoms with E-state index in [0.29, 0.717) is 11.4 Å². The van der Waals surface area contributed by atoms with Crippen molar-refractivity contribution in [2.45, 2.75) is 59.2 Å². The Bertz CT molecular complexity index is 429. The van der Waals surface area contributed by atoms with Gasteiger partial charge in [-0.3, -0.25) is 0 Å². The molecule has 0 heterocycles. The summed E-state index contributed by atoms with van der Waals surface area (Å²) < 4.78 is 5.63. The summed E-state index contributed by atoms with van der Waals surface area (Å²) in [5.41, 5.74) is 7.46. The second-order valence-electron chi connectivity index (χ2n) is 6.11. The van der Waals surface area contributed by atoms with Crippen LogP contribution in [0.1, 0.15) is 58.6 Å². The Labute approximate surface area is 135 Å². The Kier molecular flexibility index (Phi) is 8.28. The van der Waals surface area contributed by atoms with Crippen molar-refractivity contribution >= 4 is 5.69 Å². The van der Waals surface area contributed by atoms with Crippen molar-refractivity contribution in [3.05, 3.63) is 23.8 Å². The molecule has 0 saturated heterocycles. The van der Waals surface area contributed by atoms with Gasteiger partial charge in [-0.2, -0.15) is 0 Å². The van der Waals surface area contributed by atoms with Crippen molar-refractivity contribution in [3.8, 4) is 5.75 Å². The first kappa shape index (κ1) is 18.8. The molecule has 0 aliphatic rings. The molecule has 0 bridgehead atoms. The number of hydrogen-bond acceptors (Lipinski definition) is 4. The highest BCUT2D eigenvalue weighted by molar-refractivity contribution is 5.54. The van der Waals surface area contributed by atoms with Crippen LogP contribution in [-0.4, -0.2) is 35.7 Å². The summed E-state index contributed by atoms with van der Waals surface area (Å²) in [6.45, 7) is 11.4. The van der Waals surface area contributed by atoms with Crippen molar-refractivity contribution in [2.24, 2.45) is 0 Å². The number of aliphatic hydroxyl groups excluding tert-OH is 1. The first-order valence-electron chi connectivity index (χ1n) is 8.44. The summed E-state index contributed by atoms with van der Waals surface area (Å²) in [6, 6.07) is 5.58. The molecule has 1 aromatic carbocycles. The van der Waals surface area contributed by atoms with Gasteiger partial charge in [-0.15, -0.1) is 0 Å². The molecule has 0 spiro atoms. The lowest BCUT2D eigenvalue weighted by Crippen LogP contribution is -2.27. The number of aliphatic hydroxyl groups is 1. The van der Waals surface area contributed by atoms with Gasteiger partial charge in [0.2, 0.25) is 0 Å². The fraction of sp³-hybridized carbons (Fsp3) is 0.667. The van der Waals surface area contributed by atoms with Crippen LogP contribution in [0.3, 0.4) is 0 Å². The van der Waals surface area contributed by atoms with Gasteiger partial charge < -0.3 is 20.5 Å². The van der Waals surface area contributed by atoms with Crippen LogP contribution in [0.5, 0.6) is 5.75 Å². The third-order valence-corrected chi connectivity index (χ3v) is 3.58. The minimum atomic E-state index is -0.480. The third kappa shape index (κ3) is 6.24. The van der Waals surface area contributed by atoms with Crippen LogP contribution < -0.4 is 10.5 Å². The molecule has 0 radical (unpaired) electrons. The molecule has 3 N–H and O–H groups in total. The molecule has 0 fully saturated rings. The number of ether oxygens (including phenoxy) is 1. The molecule has 1 rings (SSSR count). The fourth-order valence-corrected chi connectivity index (χ4v) is 2.57. The Hall–Kier alpha value is -1.26. The van der Waals surface area contributed by atoms with E-state index in [4.69, 9.17) is 10.5 Å². The summed E-state index contributed by atoms with van der Waals surface area (Å²) in [5.74, 6) is 0.685. The van der Waals surface area contributed by atoms with Crippen molar-refractivity contribution in [1.29, 1.82) is 0 Å². The van der Waals surface area contributed by atoms with Crippen LogP contribution in [0.15, 0.2) is 18.2 Å². The molecule has 0 aromatic heterocycles. The zero-order valence-corrected chi connectivity index (χ0v) is 14.5. The largest absolute Gasteiger partial charge is 0.489 e. The first-order valence-corrected chi connectivity index (χ1v) is 8.44. The van der Waals surface area contributed by atoms with Crippen molar-refractivity contribution in [3.63, 3.8) is 0 Å². The molecule has 1 unspecified atom stereocenters. The lowest BCUT2D eigenvalue weighted by atomic mass is 10.0. The van der Waals surface area contributed by atoms with Gasteiger partial charge in [0.25, 0.3) is 0 Å². The van der Waals surface area contributed by atoms with Gasteiger partial charge in [-0.25, -0.2) is 0 Å². The topological polar surface area (TPSA) is 58.7 Å². The molecule has 4 heteroatoms. The van der Waals surface area contributed by atoms with Crippen LogP contribution >= 0.6 is 0 Å². The van der Waals surface area contributed by atoms with E-state index in [1.54, 1.807) is 0 Å². The highest BCUT2D eigenvalue weighted by atomic mass is 16.5. The van der Waals surface area contributed by atoms with E-state index in [1.165, 1.54) is 0 Å². The van der Waals surface area contributed by atoms with E-state index in [9.17, 15) is 5.11 Å². The second-order valence-corrected chi connectivity index (χ2v) is 6.11. The summed E-state index contributed by atoms with van der Waals surface area (Å²) in [6.07, 6.45) is 2.62. The van der Waals surface area contributed by atoms with E-state index >= 15 is 0 Å². The zero-order valence-electron chi connectivity index (χ0n) is 14.5. The standard InChI is InChI=1S/C18H32N2O2/c1-5-10-20(11-6-2)12-9-17(21)15-7-8-18(16(19)13-15)22-14(3)4/h7-8,13-14,17,21H,5-6,9-12,19H2,1-4H3. The predicted octanol–water partition coefficient (Wildman–Crippen LogP) is 3.60. The number of benzene rings is 1. The molecule has 4 nitrogen and oxygen atoms in total. The lowest BCUT2D eigenvalue weighted by Gasteiger charge is -2.23. The normalized spacial score (nSPS) is 12.9. The molecule has 126 valence electrons. The Balaban J connectivity index is 2.61. The summed E-state index contributed by atoms with van der Waals surface area (Å²) in [7, 11) is 0. The average Bonchev–Trinajstić information content (AvgIpc) is 2.46. The Morgan fingerprint density at radius 3 is 2.27 bits per heavy atom. The molecular formula is C18H32N2O2. The van der Waals surface area contributed by atoms with Crippen molar-refractivity contribution in [2.75, 3.05) is 25.4 Å². The monoisotopic (exact) mass is 308 g/mol. The molecular weight excluding hydrogens is 276 g/mol. The van der Waals surface area contributed by atoms with E-state index < -0.39 is 6.10 Å². The Morgan fingerprint density at radius 1 is 1.14 bits per heavy atom. The lowest BCUT2D eigenvalue weighted by molar-refractivity contribution is 0.141. The fourth-order valence-electron chi connectivity index (χ4n) is 2.57. The van der Waals surface area contributed by atoms with Gasteiger partial charge in [0.15, 0.2) is 0 Å². The van der Waals surface area contributed by atoms with Gasteiger partial charge in [-0.1, -0.05) is 19.9 Å². The summed E-state index contributed by atoms with van der Waals surface area (Å²) in [5, 5.41) is 10.4. The van der Waals surface area contributed by atoms with Gasteiger partial charge in [-0.05, 0) is 63.9 Å². The maximum Gasteiger partial charge on any atom is 0.142 e. The molecule has 0 aliphatic carbocycles. The highest BCUT2D eigenvalue weighted by Gasteiger charge is 2.12. The molecule has 22 heavy (non-hydrogen) atoms. The van der Waals surface area contributed by atoms with Crippen molar-refractivity contribution < 1.29 is 9.84 Å². The van der Waals surface area contributed by atoms with Crippen LogP contribution in [-0.2, 0) is 0 Å². The number of hydrogen-bond donors (Lipinski definition) is 2. The molecule has 0 saturated carbocycles. The van der Waals surface area contributed by atoms with Crippen LogP contribution in [0, 0.1) is 0 Å². The number of rotatable bonds is 10.